The summed E-state index contributed by atoms with van der Waals surface area (Å²) < 4.78 is 73.4. The summed E-state index contributed by atoms with van der Waals surface area (Å²) in [5, 5.41) is 2.18. The second-order valence-electron chi connectivity index (χ2n) is 5.88. The van der Waals surface area contributed by atoms with Crippen molar-refractivity contribution in [3.05, 3.63) is 12.1 Å². The van der Waals surface area contributed by atoms with Crippen LogP contribution in [0, 0.1) is 0 Å². The monoisotopic (exact) mass is 396 g/mol. The third kappa shape index (κ3) is 4.36. The number of rotatable bonds is 8. The number of anilines is 2. The highest BCUT2D eigenvalue weighted by molar-refractivity contribution is 5.91. The zero-order valence-corrected chi connectivity index (χ0v) is 15.8. The van der Waals surface area contributed by atoms with E-state index in [1.807, 2.05) is 0 Å². The van der Waals surface area contributed by atoms with Crippen molar-refractivity contribution in [3.63, 3.8) is 0 Å². The first-order chi connectivity index (χ1) is 16.1. The Morgan fingerprint density at radius 1 is 1.43 bits per heavy atom. The van der Waals surface area contributed by atoms with Gasteiger partial charge < -0.3 is 30.2 Å². The normalized spacial score (nSPS) is 24.0. The maximum absolute atomic E-state index is 12.5. The topological polar surface area (TPSA) is 112 Å². The minimum absolute atomic E-state index is 0.00314. The molecule has 0 bridgehead atoms. The lowest BCUT2D eigenvalue weighted by Crippen LogP contribution is -2.36. The van der Waals surface area contributed by atoms with E-state index in [0.29, 0.717) is 28.2 Å². The number of amides is 1. The van der Waals surface area contributed by atoms with E-state index >= 15 is 0 Å². The zero-order chi connectivity index (χ0) is 26.4. The van der Waals surface area contributed by atoms with Crippen LogP contribution < -0.4 is 25.4 Å². The smallest absolute Gasteiger partial charge is 0.249 e. The van der Waals surface area contributed by atoms with Gasteiger partial charge in [-0.1, -0.05) is 0 Å². The highest BCUT2D eigenvalue weighted by Gasteiger charge is 2.22. The summed E-state index contributed by atoms with van der Waals surface area (Å²) in [4.78, 5) is 21.5. The fraction of sp³-hybridized carbons (Fsp3) is 0.526. The molecule has 1 saturated heterocycles. The van der Waals surface area contributed by atoms with Gasteiger partial charge in [0, 0.05) is 46.3 Å². The Labute approximate surface area is 174 Å². The zero-order valence-electron chi connectivity index (χ0n) is 22.8. The molecule has 0 saturated carbocycles. The molecule has 1 aromatic heterocycles. The molecule has 0 spiro atoms. The van der Waals surface area contributed by atoms with Crippen LogP contribution in [0.25, 0.3) is 10.9 Å². The van der Waals surface area contributed by atoms with E-state index in [1.54, 1.807) is 5.32 Å². The number of hydrogen-bond donors (Lipinski definition) is 2. The van der Waals surface area contributed by atoms with E-state index in [9.17, 15) is 4.79 Å². The van der Waals surface area contributed by atoms with Crippen molar-refractivity contribution in [2.75, 3.05) is 51.5 Å². The minimum Gasteiger partial charge on any atom is -0.493 e. The minimum atomic E-state index is -3.36. The molecule has 0 radical (unpaired) electrons. The van der Waals surface area contributed by atoms with Crippen LogP contribution in [0.5, 0.6) is 11.5 Å². The summed E-state index contributed by atoms with van der Waals surface area (Å²) in [5.74, 6) is -0.906. The standard InChI is InChI=1S/C19H27N5O4/c1-24(8-5-7-21-18(25)14-6-4-9-28-14)19-22-13-11-16(27-3)15(26-2)10-12(13)17(20)23-19/h10-11,14H,4-9H2,1-3H3,(H,21,25)(H2,20,22,23)/i5D2,7D2,8D2,14D. The first kappa shape index (κ1) is 12.6. The van der Waals surface area contributed by atoms with Crippen molar-refractivity contribution >= 4 is 28.6 Å². The van der Waals surface area contributed by atoms with Gasteiger partial charge in [-0.3, -0.25) is 4.79 Å². The molecule has 1 aromatic carbocycles. The van der Waals surface area contributed by atoms with Crippen molar-refractivity contribution in [1.29, 1.82) is 0 Å². The lowest BCUT2D eigenvalue weighted by atomic mass is 10.2. The summed E-state index contributed by atoms with van der Waals surface area (Å²) in [6.45, 7) is -6.22. The molecule has 1 fully saturated rings. The fourth-order valence-corrected chi connectivity index (χ4v) is 2.62. The van der Waals surface area contributed by atoms with E-state index < -0.39 is 31.4 Å². The molecule has 1 aliphatic heterocycles. The van der Waals surface area contributed by atoms with Gasteiger partial charge in [-0.25, -0.2) is 4.98 Å². The van der Waals surface area contributed by atoms with Gasteiger partial charge in [-0.05, 0) is 25.3 Å². The molecule has 1 unspecified atom stereocenters. The van der Waals surface area contributed by atoms with Crippen LogP contribution in [-0.2, 0) is 9.53 Å². The lowest BCUT2D eigenvalue weighted by molar-refractivity contribution is -0.130. The number of ether oxygens (including phenoxy) is 3. The van der Waals surface area contributed by atoms with E-state index in [2.05, 4.69) is 9.97 Å². The van der Waals surface area contributed by atoms with Gasteiger partial charge in [-0.2, -0.15) is 4.98 Å². The Morgan fingerprint density at radius 2 is 2.18 bits per heavy atom. The molecule has 3 rings (SSSR count). The number of benzene rings is 1. The highest BCUT2D eigenvalue weighted by atomic mass is 16.5. The predicted molar refractivity (Wildman–Crippen MR) is 107 cm³/mol. The molecule has 1 atom stereocenters. The van der Waals surface area contributed by atoms with Crippen LogP contribution in [0.3, 0.4) is 0 Å². The maximum atomic E-state index is 12.5. The second-order valence-corrected chi connectivity index (χ2v) is 5.88. The van der Waals surface area contributed by atoms with E-state index in [0.717, 1.165) is 7.05 Å². The number of fused-ring (bicyclic) bond motifs is 1. The Kier molecular flexibility index (Phi) is 4.02. The van der Waals surface area contributed by atoms with Crippen LogP contribution in [0.2, 0.25) is 0 Å². The predicted octanol–water partition coefficient (Wildman–Crippen LogP) is 1.35. The SMILES string of the molecule is [2H]C1(C(=O)NC([2H])([2H])C([2H])([2H])C([2H])([2H])N(C)c2nc(N)c3cc(OC)c(OC)cc3n2)CCCO1. The highest BCUT2D eigenvalue weighted by Crippen LogP contribution is 2.33. The van der Waals surface area contributed by atoms with Crippen molar-refractivity contribution in [3.8, 4) is 11.5 Å². The summed E-state index contributed by atoms with van der Waals surface area (Å²) in [6.07, 6.45) is -5.01. The number of nitrogens with zero attached hydrogens (tertiary/aromatic N) is 3. The van der Waals surface area contributed by atoms with Crippen molar-refractivity contribution in [2.24, 2.45) is 0 Å². The number of nitrogens with one attached hydrogen (secondary N) is 1. The average Bonchev–Trinajstić information content (AvgIpc) is 3.24. The summed E-state index contributed by atoms with van der Waals surface area (Å²) in [7, 11) is 3.99. The van der Waals surface area contributed by atoms with E-state index in [-0.39, 0.29) is 30.3 Å². The van der Waals surface area contributed by atoms with Gasteiger partial charge in [0.2, 0.25) is 11.9 Å². The van der Waals surface area contributed by atoms with Crippen LogP contribution in [0.4, 0.5) is 11.8 Å². The molecule has 9 nitrogen and oxygen atoms in total. The largest absolute Gasteiger partial charge is 0.493 e. The van der Waals surface area contributed by atoms with Crippen LogP contribution in [0.1, 0.15) is 28.8 Å². The molecular formula is C19H27N5O4. The van der Waals surface area contributed by atoms with Crippen molar-refractivity contribution in [2.45, 2.75) is 25.3 Å². The molecule has 1 aliphatic rings. The molecular weight excluding hydrogens is 362 g/mol. The van der Waals surface area contributed by atoms with Crippen LogP contribution in [-0.4, -0.2) is 62.8 Å². The van der Waals surface area contributed by atoms with Gasteiger partial charge in [-0.15, -0.1) is 0 Å². The van der Waals surface area contributed by atoms with Gasteiger partial charge in [0.05, 0.1) is 21.1 Å². The summed E-state index contributed by atoms with van der Waals surface area (Å²) >= 11 is 0. The van der Waals surface area contributed by atoms with Gasteiger partial charge in [0.25, 0.3) is 0 Å². The molecule has 0 aliphatic carbocycles. The third-order valence-corrected chi connectivity index (χ3v) is 4.06. The Morgan fingerprint density at radius 3 is 2.86 bits per heavy atom. The van der Waals surface area contributed by atoms with E-state index in [1.165, 1.54) is 26.4 Å². The number of nitrogens with two attached hydrogens (primary N) is 1. The second kappa shape index (κ2) is 8.92. The lowest BCUT2D eigenvalue weighted by Gasteiger charge is -2.19. The number of carbonyl (C=O) groups excluding carboxylic acids is 1. The number of nitrogen functional groups attached to an aromatic ring is 1. The number of aromatic nitrogens is 2. The quantitative estimate of drug-likeness (QED) is 0.688. The maximum Gasteiger partial charge on any atom is 0.249 e. The number of methoxy groups -OCH3 is 2. The van der Waals surface area contributed by atoms with Gasteiger partial charge >= 0.3 is 0 Å². The molecule has 152 valence electrons. The first-order valence-corrected chi connectivity index (χ1v) is 8.51. The average molecular weight is 396 g/mol. The molecule has 9 heteroatoms. The molecule has 2 heterocycles. The third-order valence-electron chi connectivity index (χ3n) is 4.06. The van der Waals surface area contributed by atoms with Gasteiger partial charge in [0.15, 0.2) is 11.5 Å². The van der Waals surface area contributed by atoms with E-state index in [4.69, 9.17) is 29.5 Å². The van der Waals surface area contributed by atoms with Crippen molar-refractivity contribution in [1.82, 2.24) is 15.3 Å². The Hall–Kier alpha value is -2.81. The summed E-state index contributed by atoms with van der Waals surface area (Å²) in [6, 6.07) is 3.03. The van der Waals surface area contributed by atoms with Gasteiger partial charge in [0.1, 0.15) is 11.9 Å². The van der Waals surface area contributed by atoms with Crippen LogP contribution in [0.15, 0.2) is 12.1 Å². The van der Waals surface area contributed by atoms with Crippen molar-refractivity contribution < 1.29 is 28.6 Å². The Balaban J connectivity index is 1.97. The molecule has 1 amide bonds. The Bertz CT molecular complexity index is 1130. The molecule has 3 N–H and O–H groups in total. The van der Waals surface area contributed by atoms with Crippen LogP contribution >= 0.6 is 0 Å². The molecule has 2 aromatic rings. The summed E-state index contributed by atoms with van der Waals surface area (Å²) in [5.41, 5.74) is 6.29. The molecule has 28 heavy (non-hydrogen) atoms. The first-order valence-electron chi connectivity index (χ1n) is 12.0. The number of hydrogen-bond acceptors (Lipinski definition) is 8. The fourth-order valence-electron chi connectivity index (χ4n) is 2.62. The number of carbonyl (C=O) groups is 1.